The lowest BCUT2D eigenvalue weighted by atomic mass is 10.1. The van der Waals surface area contributed by atoms with E-state index in [1.165, 1.54) is 0 Å². The molecule has 0 aliphatic heterocycles. The first-order chi connectivity index (χ1) is 12.5. The van der Waals surface area contributed by atoms with E-state index in [9.17, 15) is 4.79 Å². The Balaban J connectivity index is 1.80. The number of hydrogen-bond donors (Lipinski definition) is 2. The summed E-state index contributed by atoms with van der Waals surface area (Å²) in [4.78, 5) is 17.7. The van der Waals surface area contributed by atoms with Crippen LogP contribution in [-0.4, -0.2) is 59.2 Å². The molecule has 2 N–H and O–H groups in total. The van der Waals surface area contributed by atoms with Crippen molar-refractivity contribution in [3.05, 3.63) is 47.5 Å². The van der Waals surface area contributed by atoms with Crippen LogP contribution in [0, 0.1) is 0 Å². The summed E-state index contributed by atoms with van der Waals surface area (Å²) in [5.74, 6) is 1.70. The summed E-state index contributed by atoms with van der Waals surface area (Å²) in [7, 11) is 5.23. The van der Waals surface area contributed by atoms with Crippen LogP contribution < -0.4 is 10.6 Å². The van der Waals surface area contributed by atoms with Crippen molar-refractivity contribution in [3.63, 3.8) is 0 Å². The molecular formula is C18H27N7O. The van der Waals surface area contributed by atoms with Gasteiger partial charge in [-0.2, -0.15) is 0 Å². The van der Waals surface area contributed by atoms with Gasteiger partial charge < -0.3 is 20.1 Å². The molecule has 0 aliphatic rings. The maximum Gasteiger partial charge on any atom is 0.253 e. The van der Waals surface area contributed by atoms with Crippen molar-refractivity contribution in [2.75, 3.05) is 27.7 Å². The molecule has 140 valence electrons. The van der Waals surface area contributed by atoms with Gasteiger partial charge in [0.05, 0.1) is 0 Å². The molecule has 26 heavy (non-hydrogen) atoms. The summed E-state index contributed by atoms with van der Waals surface area (Å²) < 4.78 is 2.03. The van der Waals surface area contributed by atoms with Crippen molar-refractivity contribution < 1.29 is 4.79 Å². The predicted octanol–water partition coefficient (Wildman–Crippen LogP) is 0.908. The average molecular weight is 357 g/mol. The normalized spacial score (nSPS) is 11.3. The minimum atomic E-state index is 0.00225. The Morgan fingerprint density at radius 2 is 1.96 bits per heavy atom. The quantitative estimate of drug-likeness (QED) is 0.568. The van der Waals surface area contributed by atoms with Gasteiger partial charge in [-0.15, -0.1) is 10.2 Å². The molecule has 8 nitrogen and oxygen atoms in total. The Kier molecular flexibility index (Phi) is 7.13. The number of aryl methyl sites for hydroxylation is 1. The summed E-state index contributed by atoms with van der Waals surface area (Å²) in [5.41, 5.74) is 1.76. The number of amides is 1. The molecule has 0 bridgehead atoms. The van der Waals surface area contributed by atoms with Gasteiger partial charge in [0.25, 0.3) is 5.91 Å². The maximum absolute atomic E-state index is 11.9. The first-order valence-electron chi connectivity index (χ1n) is 8.67. The molecule has 0 fully saturated rings. The molecule has 1 amide bonds. The second kappa shape index (κ2) is 9.55. The van der Waals surface area contributed by atoms with E-state index >= 15 is 0 Å². The fourth-order valence-corrected chi connectivity index (χ4v) is 2.46. The molecule has 0 aliphatic carbocycles. The van der Waals surface area contributed by atoms with E-state index in [2.05, 4.69) is 32.7 Å². The molecule has 1 aromatic heterocycles. The third-order valence-electron chi connectivity index (χ3n) is 3.95. The zero-order valence-electron chi connectivity index (χ0n) is 15.9. The lowest BCUT2D eigenvalue weighted by Gasteiger charge is -2.13. The largest absolute Gasteiger partial charge is 0.355 e. The average Bonchev–Trinajstić information content (AvgIpc) is 3.11. The zero-order chi connectivity index (χ0) is 18.9. The van der Waals surface area contributed by atoms with Crippen LogP contribution in [-0.2, 0) is 19.5 Å². The highest BCUT2D eigenvalue weighted by Crippen LogP contribution is 2.06. The molecule has 8 heteroatoms. The summed E-state index contributed by atoms with van der Waals surface area (Å²) >= 11 is 0. The highest BCUT2D eigenvalue weighted by Gasteiger charge is 2.07. The number of rotatable bonds is 7. The molecule has 0 saturated carbocycles. The number of nitrogens with one attached hydrogen (secondary N) is 2. The van der Waals surface area contributed by atoms with E-state index in [0.717, 1.165) is 36.9 Å². The minimum absolute atomic E-state index is 0.00225. The van der Waals surface area contributed by atoms with Crippen LogP contribution in [0.4, 0.5) is 0 Å². The Morgan fingerprint density at radius 1 is 1.23 bits per heavy atom. The maximum atomic E-state index is 11.9. The van der Waals surface area contributed by atoms with Crippen molar-refractivity contribution in [1.82, 2.24) is 30.3 Å². The standard InChI is InChI=1S/C18H27N7O/c1-5-16-23-22-13-25(16)11-10-20-18(19-2)21-12-14-6-8-15(9-7-14)17(26)24(3)4/h6-9,13H,5,10-12H2,1-4H3,(H2,19,20,21). The van der Waals surface area contributed by atoms with Gasteiger partial charge in [0.2, 0.25) is 0 Å². The van der Waals surface area contributed by atoms with E-state index in [1.807, 2.05) is 28.8 Å². The van der Waals surface area contributed by atoms with Gasteiger partial charge in [-0.25, -0.2) is 0 Å². The second-order valence-corrected chi connectivity index (χ2v) is 6.04. The first-order valence-corrected chi connectivity index (χ1v) is 8.67. The molecule has 0 radical (unpaired) electrons. The predicted molar refractivity (Wildman–Crippen MR) is 102 cm³/mol. The molecule has 2 rings (SSSR count). The molecule has 1 heterocycles. The highest BCUT2D eigenvalue weighted by atomic mass is 16.2. The SMILES string of the molecule is CCc1nncn1CCNC(=NC)NCc1ccc(C(=O)N(C)C)cc1. The number of nitrogens with zero attached hydrogens (tertiary/aromatic N) is 5. The Labute approximate surface area is 154 Å². The molecule has 0 saturated heterocycles. The summed E-state index contributed by atoms with van der Waals surface area (Å²) in [6.07, 6.45) is 2.60. The summed E-state index contributed by atoms with van der Waals surface area (Å²) in [5, 5.41) is 14.5. The number of benzene rings is 1. The van der Waals surface area contributed by atoms with Crippen molar-refractivity contribution in [2.24, 2.45) is 4.99 Å². The van der Waals surface area contributed by atoms with Crippen LogP contribution in [0.1, 0.15) is 28.7 Å². The van der Waals surface area contributed by atoms with Crippen LogP contribution in [0.15, 0.2) is 35.6 Å². The third kappa shape index (κ3) is 5.30. The van der Waals surface area contributed by atoms with Gasteiger partial charge in [0, 0.05) is 52.8 Å². The second-order valence-electron chi connectivity index (χ2n) is 6.04. The Morgan fingerprint density at radius 3 is 2.58 bits per heavy atom. The van der Waals surface area contributed by atoms with Gasteiger partial charge in [0.15, 0.2) is 5.96 Å². The third-order valence-corrected chi connectivity index (χ3v) is 3.95. The molecule has 0 atom stereocenters. The van der Waals surface area contributed by atoms with Crippen molar-refractivity contribution >= 4 is 11.9 Å². The summed E-state index contributed by atoms with van der Waals surface area (Å²) in [6, 6.07) is 7.57. The smallest absolute Gasteiger partial charge is 0.253 e. The van der Waals surface area contributed by atoms with Gasteiger partial charge >= 0.3 is 0 Å². The van der Waals surface area contributed by atoms with E-state index in [0.29, 0.717) is 12.1 Å². The highest BCUT2D eigenvalue weighted by molar-refractivity contribution is 5.93. The number of aromatic nitrogens is 3. The lowest BCUT2D eigenvalue weighted by Crippen LogP contribution is -2.38. The van der Waals surface area contributed by atoms with Gasteiger partial charge in [-0.1, -0.05) is 19.1 Å². The van der Waals surface area contributed by atoms with Gasteiger partial charge in [-0.3, -0.25) is 9.79 Å². The fraction of sp³-hybridized carbons (Fsp3) is 0.444. The van der Waals surface area contributed by atoms with E-state index in [-0.39, 0.29) is 5.91 Å². The van der Waals surface area contributed by atoms with E-state index in [1.54, 1.807) is 32.4 Å². The van der Waals surface area contributed by atoms with Crippen molar-refractivity contribution in [2.45, 2.75) is 26.4 Å². The Hall–Kier alpha value is -2.90. The number of carbonyl (C=O) groups is 1. The van der Waals surface area contributed by atoms with Crippen LogP contribution >= 0.6 is 0 Å². The van der Waals surface area contributed by atoms with Gasteiger partial charge in [0.1, 0.15) is 12.2 Å². The lowest BCUT2D eigenvalue weighted by molar-refractivity contribution is 0.0827. The van der Waals surface area contributed by atoms with E-state index < -0.39 is 0 Å². The van der Waals surface area contributed by atoms with Crippen LogP contribution in [0.25, 0.3) is 0 Å². The molecule has 2 aromatic rings. The van der Waals surface area contributed by atoms with Crippen LogP contribution in [0.2, 0.25) is 0 Å². The topological polar surface area (TPSA) is 87.4 Å². The molecule has 0 spiro atoms. The zero-order valence-corrected chi connectivity index (χ0v) is 15.9. The number of carbonyl (C=O) groups excluding carboxylic acids is 1. The number of aliphatic imine (C=N–C) groups is 1. The van der Waals surface area contributed by atoms with E-state index in [4.69, 9.17) is 0 Å². The van der Waals surface area contributed by atoms with Crippen molar-refractivity contribution in [3.8, 4) is 0 Å². The minimum Gasteiger partial charge on any atom is -0.355 e. The van der Waals surface area contributed by atoms with Gasteiger partial charge in [-0.05, 0) is 17.7 Å². The molecule has 0 unspecified atom stereocenters. The molecular weight excluding hydrogens is 330 g/mol. The first kappa shape index (κ1) is 19.4. The number of hydrogen-bond acceptors (Lipinski definition) is 4. The summed E-state index contributed by atoms with van der Waals surface area (Å²) in [6.45, 7) is 4.19. The van der Waals surface area contributed by atoms with Crippen LogP contribution in [0.5, 0.6) is 0 Å². The Bertz CT molecular complexity index is 734. The molecule has 1 aromatic carbocycles. The van der Waals surface area contributed by atoms with Crippen molar-refractivity contribution in [1.29, 1.82) is 0 Å². The van der Waals surface area contributed by atoms with Crippen LogP contribution in [0.3, 0.4) is 0 Å². The number of guanidine groups is 1. The monoisotopic (exact) mass is 357 g/mol. The fourth-order valence-electron chi connectivity index (χ4n) is 2.46.